The van der Waals surface area contributed by atoms with Gasteiger partial charge in [0.1, 0.15) is 11.3 Å². The predicted octanol–water partition coefficient (Wildman–Crippen LogP) is 1.15. The molecule has 72 valence electrons. The van der Waals surface area contributed by atoms with Crippen molar-refractivity contribution in [2.75, 3.05) is 7.11 Å². The van der Waals surface area contributed by atoms with Crippen LogP contribution in [0.2, 0.25) is 0 Å². The molecule has 1 aromatic rings. The van der Waals surface area contributed by atoms with E-state index in [4.69, 9.17) is 0 Å². The van der Waals surface area contributed by atoms with Crippen LogP contribution in [0.4, 0.5) is 5.69 Å². The van der Waals surface area contributed by atoms with Gasteiger partial charge in [0.05, 0.1) is 12.8 Å². The standard InChI is InChI=1S/C9H7NO4/c1-14-9(13)8-6(10-5-11)3-2-4-7(8)12/h2-4,12H,1H3. The van der Waals surface area contributed by atoms with E-state index in [1.165, 1.54) is 31.4 Å². The summed E-state index contributed by atoms with van der Waals surface area (Å²) in [6.07, 6.45) is 1.29. The van der Waals surface area contributed by atoms with Crippen LogP contribution in [-0.4, -0.2) is 24.3 Å². The number of phenols is 1. The lowest BCUT2D eigenvalue weighted by molar-refractivity contribution is 0.0598. The highest BCUT2D eigenvalue weighted by atomic mass is 16.5. The molecule has 0 aromatic heterocycles. The molecule has 0 radical (unpaired) electrons. The van der Waals surface area contributed by atoms with Crippen LogP contribution in [0.1, 0.15) is 10.4 Å². The van der Waals surface area contributed by atoms with E-state index in [0.717, 1.165) is 0 Å². The maximum Gasteiger partial charge on any atom is 0.343 e. The normalized spacial score (nSPS) is 8.93. The van der Waals surface area contributed by atoms with Gasteiger partial charge in [-0.1, -0.05) is 6.07 Å². The molecular formula is C9H7NO4. The van der Waals surface area contributed by atoms with E-state index in [0.29, 0.717) is 0 Å². The highest BCUT2D eigenvalue weighted by Gasteiger charge is 2.16. The van der Waals surface area contributed by atoms with Gasteiger partial charge in [-0.05, 0) is 12.1 Å². The third kappa shape index (κ3) is 1.78. The highest BCUT2D eigenvalue weighted by Crippen LogP contribution is 2.27. The second kappa shape index (κ2) is 4.20. The number of phenolic OH excluding ortho intramolecular Hbond substituents is 1. The zero-order valence-electron chi connectivity index (χ0n) is 7.35. The maximum absolute atomic E-state index is 11.2. The highest BCUT2D eigenvalue weighted by molar-refractivity contribution is 5.98. The first kappa shape index (κ1) is 9.95. The summed E-state index contributed by atoms with van der Waals surface area (Å²) >= 11 is 0. The summed E-state index contributed by atoms with van der Waals surface area (Å²) in [5.74, 6) is -1.04. The Morgan fingerprint density at radius 1 is 1.57 bits per heavy atom. The average molecular weight is 193 g/mol. The van der Waals surface area contributed by atoms with Gasteiger partial charge >= 0.3 is 5.97 Å². The van der Waals surface area contributed by atoms with Crippen LogP contribution >= 0.6 is 0 Å². The number of rotatable bonds is 2. The summed E-state index contributed by atoms with van der Waals surface area (Å²) in [5, 5.41) is 9.33. The second-order valence-corrected chi connectivity index (χ2v) is 2.37. The SMILES string of the molecule is COC(=O)c1c(O)cccc1N=C=O. The minimum absolute atomic E-state index is 0.0341. The minimum atomic E-state index is -0.753. The van der Waals surface area contributed by atoms with E-state index in [9.17, 15) is 14.7 Å². The van der Waals surface area contributed by atoms with Crippen LogP contribution in [0, 0.1) is 0 Å². The van der Waals surface area contributed by atoms with Crippen LogP contribution in [0.15, 0.2) is 23.2 Å². The van der Waals surface area contributed by atoms with Crippen molar-refractivity contribution in [1.29, 1.82) is 0 Å². The molecule has 5 heteroatoms. The van der Waals surface area contributed by atoms with Crippen molar-refractivity contribution in [3.8, 4) is 5.75 Å². The third-order valence-electron chi connectivity index (χ3n) is 1.58. The van der Waals surface area contributed by atoms with Crippen LogP contribution in [0.3, 0.4) is 0 Å². The van der Waals surface area contributed by atoms with Crippen molar-refractivity contribution < 1.29 is 19.4 Å². The summed E-state index contributed by atoms with van der Waals surface area (Å²) in [5.41, 5.74) is -0.106. The second-order valence-electron chi connectivity index (χ2n) is 2.37. The Balaban J connectivity index is 3.36. The smallest absolute Gasteiger partial charge is 0.343 e. The molecule has 14 heavy (non-hydrogen) atoms. The van der Waals surface area contributed by atoms with Gasteiger partial charge in [-0.25, -0.2) is 9.59 Å². The van der Waals surface area contributed by atoms with Gasteiger partial charge in [0, 0.05) is 0 Å². The van der Waals surface area contributed by atoms with Crippen molar-refractivity contribution >= 4 is 17.7 Å². The average Bonchev–Trinajstić information content (AvgIpc) is 2.18. The third-order valence-corrected chi connectivity index (χ3v) is 1.58. The Kier molecular flexibility index (Phi) is 2.99. The molecule has 0 atom stereocenters. The molecule has 0 heterocycles. The van der Waals surface area contributed by atoms with E-state index in [1.807, 2.05) is 0 Å². The number of ether oxygens (including phenoxy) is 1. The molecule has 0 spiro atoms. The number of hydrogen-bond donors (Lipinski definition) is 1. The predicted molar refractivity (Wildman–Crippen MR) is 47.2 cm³/mol. The molecule has 1 aromatic carbocycles. The quantitative estimate of drug-likeness (QED) is 0.434. The molecular weight excluding hydrogens is 186 g/mol. The summed E-state index contributed by atoms with van der Waals surface area (Å²) in [7, 11) is 1.17. The first-order valence-corrected chi connectivity index (χ1v) is 3.69. The molecule has 0 amide bonds. The lowest BCUT2D eigenvalue weighted by atomic mass is 10.1. The summed E-state index contributed by atoms with van der Waals surface area (Å²) < 4.78 is 4.42. The molecule has 0 saturated heterocycles. The molecule has 0 aliphatic carbocycles. The molecule has 1 rings (SSSR count). The first-order valence-electron chi connectivity index (χ1n) is 3.69. The number of hydrogen-bond acceptors (Lipinski definition) is 5. The monoisotopic (exact) mass is 193 g/mol. The number of isocyanates is 1. The summed E-state index contributed by atoms with van der Waals surface area (Å²) in [6.45, 7) is 0. The largest absolute Gasteiger partial charge is 0.507 e. The molecule has 0 unspecified atom stereocenters. The zero-order chi connectivity index (χ0) is 10.6. The zero-order valence-corrected chi connectivity index (χ0v) is 7.35. The van der Waals surface area contributed by atoms with E-state index < -0.39 is 5.97 Å². The Morgan fingerprint density at radius 2 is 2.29 bits per heavy atom. The van der Waals surface area contributed by atoms with E-state index in [-0.39, 0.29) is 17.0 Å². The van der Waals surface area contributed by atoms with Crippen LogP contribution in [-0.2, 0) is 9.53 Å². The number of carbonyl (C=O) groups is 1. The van der Waals surface area contributed by atoms with Gasteiger partial charge in [0.2, 0.25) is 6.08 Å². The van der Waals surface area contributed by atoms with Crippen molar-refractivity contribution in [1.82, 2.24) is 0 Å². The van der Waals surface area contributed by atoms with Crippen LogP contribution in [0.5, 0.6) is 5.75 Å². The van der Waals surface area contributed by atoms with Gasteiger partial charge in [-0.3, -0.25) is 0 Å². The number of aliphatic imine (C=N–C) groups is 1. The van der Waals surface area contributed by atoms with Crippen LogP contribution < -0.4 is 0 Å². The van der Waals surface area contributed by atoms with Gasteiger partial charge in [-0.15, -0.1) is 0 Å². The van der Waals surface area contributed by atoms with Gasteiger partial charge < -0.3 is 9.84 Å². The number of carbonyl (C=O) groups excluding carboxylic acids is 2. The fourth-order valence-electron chi connectivity index (χ4n) is 0.982. The summed E-state index contributed by atoms with van der Waals surface area (Å²) in [6, 6.07) is 4.16. The topological polar surface area (TPSA) is 76.0 Å². The molecule has 0 aliphatic rings. The first-order chi connectivity index (χ1) is 6.70. The molecule has 0 fully saturated rings. The lowest BCUT2D eigenvalue weighted by Gasteiger charge is -2.03. The van der Waals surface area contributed by atoms with Crippen molar-refractivity contribution in [2.24, 2.45) is 4.99 Å². The number of methoxy groups -OCH3 is 1. The van der Waals surface area contributed by atoms with Gasteiger partial charge in [0.15, 0.2) is 0 Å². The number of esters is 1. The summed E-state index contributed by atoms with van der Waals surface area (Å²) in [4.78, 5) is 24.5. The minimum Gasteiger partial charge on any atom is -0.507 e. The van der Waals surface area contributed by atoms with Gasteiger partial charge in [0.25, 0.3) is 0 Å². The van der Waals surface area contributed by atoms with Gasteiger partial charge in [-0.2, -0.15) is 4.99 Å². The fraction of sp³-hybridized carbons (Fsp3) is 0.111. The fourth-order valence-corrected chi connectivity index (χ4v) is 0.982. The van der Waals surface area contributed by atoms with Crippen molar-refractivity contribution in [3.63, 3.8) is 0 Å². The van der Waals surface area contributed by atoms with E-state index in [2.05, 4.69) is 9.73 Å². The Morgan fingerprint density at radius 3 is 2.86 bits per heavy atom. The molecule has 1 N–H and O–H groups in total. The van der Waals surface area contributed by atoms with Crippen molar-refractivity contribution in [2.45, 2.75) is 0 Å². The Labute approximate surface area is 79.7 Å². The number of benzene rings is 1. The number of aromatic hydroxyl groups is 1. The number of nitrogens with zero attached hydrogens (tertiary/aromatic N) is 1. The van der Waals surface area contributed by atoms with Crippen LogP contribution in [0.25, 0.3) is 0 Å². The maximum atomic E-state index is 11.2. The Bertz CT molecular complexity index is 407. The molecule has 0 aliphatic heterocycles. The Hall–Kier alpha value is -2.13. The molecule has 0 bridgehead atoms. The lowest BCUT2D eigenvalue weighted by Crippen LogP contribution is -2.01. The van der Waals surface area contributed by atoms with E-state index in [1.54, 1.807) is 0 Å². The van der Waals surface area contributed by atoms with E-state index >= 15 is 0 Å². The molecule has 0 saturated carbocycles. The molecule has 5 nitrogen and oxygen atoms in total. The van der Waals surface area contributed by atoms with Crippen molar-refractivity contribution in [3.05, 3.63) is 23.8 Å².